The first-order valence-corrected chi connectivity index (χ1v) is 12.1. The van der Waals surface area contributed by atoms with Crippen LogP contribution in [0.3, 0.4) is 0 Å². The number of carbonyl (C=O) groups is 1. The van der Waals surface area contributed by atoms with Gasteiger partial charge in [-0.3, -0.25) is 9.69 Å². The van der Waals surface area contributed by atoms with Gasteiger partial charge in [0.2, 0.25) is 0 Å². The van der Waals surface area contributed by atoms with Gasteiger partial charge >= 0.3 is 0 Å². The second-order valence-electron chi connectivity index (χ2n) is 9.48. The maximum absolute atomic E-state index is 13.5. The Morgan fingerprint density at radius 1 is 1.09 bits per heavy atom. The van der Waals surface area contributed by atoms with E-state index in [1.807, 2.05) is 24.3 Å². The summed E-state index contributed by atoms with van der Waals surface area (Å²) in [5.41, 5.74) is 5.52. The van der Waals surface area contributed by atoms with Gasteiger partial charge in [0.15, 0.2) is 5.79 Å². The zero-order valence-electron chi connectivity index (χ0n) is 20.3. The van der Waals surface area contributed by atoms with E-state index in [9.17, 15) is 4.79 Å². The van der Waals surface area contributed by atoms with Crippen LogP contribution in [0.2, 0.25) is 0 Å². The number of benzene rings is 2. The molecule has 5 rings (SSSR count). The van der Waals surface area contributed by atoms with E-state index in [0.29, 0.717) is 26.2 Å². The molecule has 2 saturated heterocycles. The highest BCUT2D eigenvalue weighted by Crippen LogP contribution is 2.35. The number of piperidine rings is 1. The van der Waals surface area contributed by atoms with E-state index in [4.69, 9.17) is 19.3 Å². The second kappa shape index (κ2) is 9.49. The van der Waals surface area contributed by atoms with Gasteiger partial charge in [-0.25, -0.2) is 5.01 Å². The normalized spacial score (nSPS) is 22.3. The molecule has 0 bridgehead atoms. The Kier molecular flexibility index (Phi) is 6.42. The quantitative estimate of drug-likeness (QED) is 0.675. The third-order valence-electron chi connectivity index (χ3n) is 7.15. The lowest BCUT2D eigenvalue weighted by Crippen LogP contribution is -2.48. The Balaban J connectivity index is 1.36. The van der Waals surface area contributed by atoms with Crippen LogP contribution in [0.25, 0.3) is 0 Å². The van der Waals surface area contributed by atoms with Gasteiger partial charge in [-0.15, -0.1) is 0 Å². The fourth-order valence-electron chi connectivity index (χ4n) is 5.23. The predicted molar refractivity (Wildman–Crippen MR) is 130 cm³/mol. The van der Waals surface area contributed by atoms with Crippen molar-refractivity contribution in [2.75, 3.05) is 40.0 Å². The highest BCUT2D eigenvalue weighted by molar-refractivity contribution is 6.04. The molecule has 0 radical (unpaired) electrons. The van der Waals surface area contributed by atoms with Crippen molar-refractivity contribution in [2.45, 2.75) is 44.9 Å². The van der Waals surface area contributed by atoms with E-state index in [-0.39, 0.29) is 11.9 Å². The molecule has 180 valence electrons. The van der Waals surface area contributed by atoms with Crippen LogP contribution < -0.4 is 4.74 Å². The fourth-order valence-corrected chi connectivity index (χ4v) is 5.23. The highest BCUT2D eigenvalue weighted by Gasteiger charge is 2.41. The van der Waals surface area contributed by atoms with Crippen LogP contribution in [-0.2, 0) is 14.3 Å². The largest absolute Gasteiger partial charge is 0.497 e. The summed E-state index contributed by atoms with van der Waals surface area (Å²) in [6.07, 6.45) is 2.27. The molecule has 0 saturated carbocycles. The number of aryl methyl sites for hydroxylation is 2. The third-order valence-corrected chi connectivity index (χ3v) is 7.15. The van der Waals surface area contributed by atoms with Gasteiger partial charge in [-0.05, 0) is 37.1 Å². The zero-order chi connectivity index (χ0) is 23.7. The average Bonchev–Trinajstić information content (AvgIpc) is 3.49. The molecule has 1 spiro atoms. The molecule has 0 N–H and O–H groups in total. The first kappa shape index (κ1) is 23.0. The molecule has 3 aliphatic rings. The molecule has 7 heteroatoms. The van der Waals surface area contributed by atoms with Gasteiger partial charge in [-0.1, -0.05) is 35.9 Å². The molecule has 1 unspecified atom stereocenters. The summed E-state index contributed by atoms with van der Waals surface area (Å²) in [5.74, 6) is 0.381. The second-order valence-corrected chi connectivity index (χ2v) is 9.48. The minimum Gasteiger partial charge on any atom is -0.497 e. The lowest BCUT2D eigenvalue weighted by atomic mass is 9.95. The molecular formula is C27H33N3O4. The number of methoxy groups -OCH3 is 1. The molecule has 2 aromatic carbocycles. The van der Waals surface area contributed by atoms with Crippen LogP contribution in [0.1, 0.15) is 47.6 Å². The van der Waals surface area contributed by atoms with E-state index in [1.165, 1.54) is 11.1 Å². The molecule has 7 nitrogen and oxygen atoms in total. The van der Waals surface area contributed by atoms with Gasteiger partial charge in [0, 0.05) is 37.9 Å². The number of likely N-dealkylation sites (tertiary alicyclic amines) is 1. The third kappa shape index (κ3) is 4.60. The van der Waals surface area contributed by atoms with E-state index < -0.39 is 5.79 Å². The highest BCUT2D eigenvalue weighted by atomic mass is 16.7. The van der Waals surface area contributed by atoms with Crippen molar-refractivity contribution in [3.8, 4) is 5.75 Å². The van der Waals surface area contributed by atoms with Crippen molar-refractivity contribution in [3.05, 3.63) is 64.7 Å². The summed E-state index contributed by atoms with van der Waals surface area (Å²) < 4.78 is 17.0. The number of carbonyl (C=O) groups excluding carboxylic acids is 1. The topological polar surface area (TPSA) is 63.6 Å². The van der Waals surface area contributed by atoms with Crippen LogP contribution in [0.15, 0.2) is 47.6 Å². The van der Waals surface area contributed by atoms with Gasteiger partial charge in [0.25, 0.3) is 5.91 Å². The Morgan fingerprint density at radius 2 is 1.79 bits per heavy atom. The van der Waals surface area contributed by atoms with Crippen molar-refractivity contribution in [2.24, 2.45) is 5.10 Å². The lowest BCUT2D eigenvalue weighted by Gasteiger charge is -2.37. The van der Waals surface area contributed by atoms with Crippen molar-refractivity contribution in [1.29, 1.82) is 0 Å². The summed E-state index contributed by atoms with van der Waals surface area (Å²) >= 11 is 0. The van der Waals surface area contributed by atoms with Gasteiger partial charge in [-0.2, -0.15) is 5.10 Å². The fraction of sp³-hybridized carbons (Fsp3) is 0.481. The number of hydrogen-bond donors (Lipinski definition) is 0. The monoisotopic (exact) mass is 463 g/mol. The summed E-state index contributed by atoms with van der Waals surface area (Å²) in [4.78, 5) is 15.7. The SMILES string of the molecule is COc1ccc(C2CC(c3ccc(C)cc3C)=NN2C(=O)CN2CCC3(CC2)OCCO3)cc1. The molecule has 34 heavy (non-hydrogen) atoms. The first-order valence-electron chi connectivity index (χ1n) is 12.1. The van der Waals surface area contributed by atoms with Crippen LogP contribution in [0, 0.1) is 13.8 Å². The summed E-state index contributed by atoms with van der Waals surface area (Å²) in [5, 5.41) is 6.58. The molecule has 0 aromatic heterocycles. The molecule has 1 atom stereocenters. The lowest BCUT2D eigenvalue weighted by molar-refractivity contribution is -0.186. The van der Waals surface area contributed by atoms with Crippen molar-refractivity contribution in [3.63, 3.8) is 0 Å². The number of rotatable bonds is 5. The first-order chi connectivity index (χ1) is 16.5. The average molecular weight is 464 g/mol. The number of hydrazone groups is 1. The Labute approximate surface area is 201 Å². The number of hydrogen-bond acceptors (Lipinski definition) is 6. The van der Waals surface area contributed by atoms with E-state index in [2.05, 4.69) is 36.9 Å². The number of nitrogens with zero attached hydrogens (tertiary/aromatic N) is 3. The van der Waals surface area contributed by atoms with E-state index >= 15 is 0 Å². The maximum atomic E-state index is 13.5. The molecular weight excluding hydrogens is 430 g/mol. The van der Waals surface area contributed by atoms with E-state index in [0.717, 1.165) is 48.5 Å². The predicted octanol–water partition coefficient (Wildman–Crippen LogP) is 3.83. The molecule has 1 amide bonds. The smallest absolute Gasteiger partial charge is 0.257 e. The number of ether oxygens (including phenoxy) is 3. The van der Waals surface area contributed by atoms with Crippen molar-refractivity contribution >= 4 is 11.6 Å². The van der Waals surface area contributed by atoms with Gasteiger partial charge in [0.1, 0.15) is 5.75 Å². The van der Waals surface area contributed by atoms with Crippen LogP contribution in [0.5, 0.6) is 5.75 Å². The minimum atomic E-state index is -0.437. The Bertz CT molecular complexity index is 1070. The molecule has 3 aliphatic heterocycles. The summed E-state index contributed by atoms with van der Waals surface area (Å²) in [6, 6.07) is 14.2. The van der Waals surface area contributed by atoms with Gasteiger partial charge < -0.3 is 14.2 Å². The summed E-state index contributed by atoms with van der Waals surface area (Å²) in [7, 11) is 1.66. The van der Waals surface area contributed by atoms with E-state index in [1.54, 1.807) is 12.1 Å². The molecule has 2 aromatic rings. The maximum Gasteiger partial charge on any atom is 0.257 e. The molecule has 2 fully saturated rings. The number of amides is 1. The standard InChI is InChI=1S/C27H33N3O4/c1-19-4-9-23(20(2)16-19)24-17-25(21-5-7-22(32-3)8-6-21)30(28-24)26(31)18-29-12-10-27(11-13-29)33-14-15-34-27/h4-9,16,25H,10-15,17-18H2,1-3H3. The van der Waals surface area contributed by atoms with Crippen molar-refractivity contribution in [1.82, 2.24) is 9.91 Å². The Morgan fingerprint density at radius 3 is 2.44 bits per heavy atom. The molecule has 0 aliphatic carbocycles. The zero-order valence-corrected chi connectivity index (χ0v) is 20.3. The van der Waals surface area contributed by atoms with Gasteiger partial charge in [0.05, 0.1) is 38.6 Å². The van der Waals surface area contributed by atoms with Crippen LogP contribution in [-0.4, -0.2) is 67.3 Å². The molecule has 3 heterocycles. The minimum absolute atomic E-state index is 0.0183. The Hall–Kier alpha value is -2.74. The van der Waals surface area contributed by atoms with Crippen LogP contribution in [0.4, 0.5) is 0 Å². The summed E-state index contributed by atoms with van der Waals surface area (Å²) in [6.45, 7) is 7.41. The van der Waals surface area contributed by atoms with Crippen molar-refractivity contribution < 1.29 is 19.0 Å². The van der Waals surface area contributed by atoms with Crippen LogP contribution >= 0.6 is 0 Å².